The molecule has 204 valence electrons. The highest BCUT2D eigenvalue weighted by atomic mass is 17.8. The third-order valence-electron chi connectivity index (χ3n) is 6.77. The average molecular weight is 527 g/mol. The lowest BCUT2D eigenvalue weighted by molar-refractivity contribution is -0.726. The number of rotatable bonds is 14. The molecule has 0 amide bonds. The molecule has 4 aromatic carbocycles. The summed E-state index contributed by atoms with van der Waals surface area (Å²) in [4.78, 5) is 11.2. The van der Waals surface area contributed by atoms with Crippen LogP contribution >= 0.6 is 0 Å². The maximum atomic E-state index is 5.61. The first-order valence-electron chi connectivity index (χ1n) is 13.4. The summed E-state index contributed by atoms with van der Waals surface area (Å²) in [7, 11) is 0. The van der Waals surface area contributed by atoms with Gasteiger partial charge in [-0.2, -0.15) is 9.78 Å². The Labute approximate surface area is 232 Å². The molecule has 0 spiro atoms. The van der Waals surface area contributed by atoms with Gasteiger partial charge in [-0.15, -0.1) is 0 Å². The van der Waals surface area contributed by atoms with Crippen LogP contribution in [0.2, 0.25) is 0 Å². The van der Waals surface area contributed by atoms with Crippen molar-refractivity contribution in [1.82, 2.24) is 0 Å². The van der Waals surface area contributed by atoms with E-state index in [-0.39, 0.29) is 11.8 Å². The van der Waals surface area contributed by atoms with Gasteiger partial charge in [0.25, 0.3) is 0 Å². The third kappa shape index (κ3) is 8.85. The van der Waals surface area contributed by atoms with Gasteiger partial charge in [0.1, 0.15) is 11.2 Å². The largest absolute Gasteiger partial charge is 0.198 e. The summed E-state index contributed by atoms with van der Waals surface area (Å²) in [6, 6.07) is 41.5. The molecular weight excluding hydrogens is 488 g/mol. The maximum Gasteiger partial charge on any atom is 0.102 e. The van der Waals surface area contributed by atoms with E-state index in [1.165, 1.54) is 22.3 Å². The van der Waals surface area contributed by atoms with Gasteiger partial charge in [0.05, 0.1) is 0 Å². The van der Waals surface area contributed by atoms with Gasteiger partial charge in [0.15, 0.2) is 0 Å². The van der Waals surface area contributed by atoms with Crippen molar-refractivity contribution in [3.05, 3.63) is 144 Å². The molecule has 0 bridgehead atoms. The van der Waals surface area contributed by atoms with E-state index in [1.807, 2.05) is 100 Å². The van der Waals surface area contributed by atoms with Crippen molar-refractivity contribution in [2.75, 3.05) is 0 Å². The number of hydrogen-bond acceptors (Lipinski definition) is 5. The van der Waals surface area contributed by atoms with Crippen molar-refractivity contribution in [3.8, 4) is 0 Å². The van der Waals surface area contributed by atoms with Crippen molar-refractivity contribution < 1.29 is 24.9 Å². The zero-order valence-electron chi connectivity index (χ0n) is 23.2. The van der Waals surface area contributed by atoms with Crippen LogP contribution in [0.1, 0.15) is 74.6 Å². The van der Waals surface area contributed by atoms with E-state index >= 15 is 0 Å². The Morgan fingerprint density at radius 1 is 0.410 bits per heavy atom. The molecule has 4 rings (SSSR count). The Morgan fingerprint density at radius 3 is 0.923 bits per heavy atom. The molecule has 0 heterocycles. The van der Waals surface area contributed by atoms with Crippen LogP contribution in [-0.4, -0.2) is 11.2 Å². The fourth-order valence-electron chi connectivity index (χ4n) is 4.87. The second kappa shape index (κ2) is 13.7. The molecular formula is C34H38O5. The fraction of sp³-hybridized carbons (Fsp3) is 0.294. The Bertz CT molecular complexity index is 1050. The van der Waals surface area contributed by atoms with Crippen LogP contribution in [-0.2, 0) is 24.9 Å². The second-order valence-electron chi connectivity index (χ2n) is 11.0. The normalized spacial score (nSPS) is 12.3. The minimum atomic E-state index is -0.680. The highest BCUT2D eigenvalue weighted by Gasteiger charge is 2.30. The van der Waals surface area contributed by atoms with E-state index in [0.29, 0.717) is 12.8 Å². The van der Waals surface area contributed by atoms with Crippen LogP contribution in [0.3, 0.4) is 0 Å². The SMILES string of the molecule is CC(C)(CC(c1ccccc1)c1ccccc1)OOOOOC(C)(C)CC(c1ccccc1)c1ccccc1. The lowest BCUT2D eigenvalue weighted by atomic mass is 9.83. The van der Waals surface area contributed by atoms with Crippen LogP contribution in [0.25, 0.3) is 0 Å². The molecule has 0 unspecified atom stereocenters. The van der Waals surface area contributed by atoms with Crippen LogP contribution in [0.5, 0.6) is 0 Å². The third-order valence-corrected chi connectivity index (χ3v) is 6.77. The van der Waals surface area contributed by atoms with Crippen LogP contribution < -0.4 is 0 Å². The summed E-state index contributed by atoms with van der Waals surface area (Å²) in [5.41, 5.74) is 3.45. The highest BCUT2D eigenvalue weighted by molar-refractivity contribution is 5.34. The van der Waals surface area contributed by atoms with E-state index in [2.05, 4.69) is 48.5 Å². The maximum absolute atomic E-state index is 5.61. The summed E-state index contributed by atoms with van der Waals surface area (Å²) < 4.78 is 0. The molecule has 0 N–H and O–H groups in total. The lowest BCUT2D eigenvalue weighted by Gasteiger charge is -2.29. The first-order chi connectivity index (χ1) is 18.8. The van der Waals surface area contributed by atoms with Crippen LogP contribution in [0.15, 0.2) is 121 Å². The number of benzene rings is 4. The zero-order valence-corrected chi connectivity index (χ0v) is 23.2. The van der Waals surface area contributed by atoms with Crippen molar-refractivity contribution >= 4 is 0 Å². The van der Waals surface area contributed by atoms with Crippen molar-refractivity contribution in [2.45, 2.75) is 63.6 Å². The van der Waals surface area contributed by atoms with Crippen molar-refractivity contribution in [3.63, 3.8) is 0 Å². The standard InChI is InChI=1S/C34H38O5/c1-33(2,25-31(27-17-9-5-10-18-27)28-19-11-6-12-20-28)35-37-39-38-36-34(3,4)26-32(29-21-13-7-14-22-29)30-23-15-8-16-24-30/h5-24,31-32H,25-26H2,1-4H3. The van der Waals surface area contributed by atoms with Gasteiger partial charge in [-0.1, -0.05) is 121 Å². The average Bonchev–Trinajstić information content (AvgIpc) is 2.96. The fourth-order valence-corrected chi connectivity index (χ4v) is 4.87. The predicted octanol–water partition coefficient (Wildman–Crippen LogP) is 8.73. The quantitative estimate of drug-likeness (QED) is 0.0934. The molecule has 5 nitrogen and oxygen atoms in total. The molecule has 0 aromatic heterocycles. The Hall–Kier alpha value is -3.32. The Balaban J connectivity index is 1.30. The highest BCUT2D eigenvalue weighted by Crippen LogP contribution is 2.35. The summed E-state index contributed by atoms with van der Waals surface area (Å²) in [5, 5.41) is 14.8. The number of hydrogen-bond donors (Lipinski definition) is 0. The predicted molar refractivity (Wildman–Crippen MR) is 152 cm³/mol. The molecule has 0 saturated carbocycles. The van der Waals surface area contributed by atoms with E-state index in [0.717, 1.165) is 0 Å². The molecule has 0 aliphatic rings. The van der Waals surface area contributed by atoms with Crippen LogP contribution in [0.4, 0.5) is 0 Å². The van der Waals surface area contributed by atoms with Gasteiger partial charge in [-0.25, -0.2) is 0 Å². The minimum Gasteiger partial charge on any atom is -0.198 e. The van der Waals surface area contributed by atoms with E-state index < -0.39 is 11.2 Å². The summed E-state index contributed by atoms with van der Waals surface area (Å²) in [6.45, 7) is 7.80. The van der Waals surface area contributed by atoms with Gasteiger partial charge in [-0.05, 0) is 77.9 Å². The van der Waals surface area contributed by atoms with Crippen LogP contribution in [0, 0.1) is 0 Å². The summed E-state index contributed by atoms with van der Waals surface area (Å²) in [6.07, 6.45) is 1.32. The van der Waals surface area contributed by atoms with Gasteiger partial charge < -0.3 is 0 Å². The molecule has 5 heteroatoms. The van der Waals surface area contributed by atoms with Gasteiger partial charge in [0.2, 0.25) is 0 Å². The van der Waals surface area contributed by atoms with E-state index in [1.54, 1.807) is 0 Å². The van der Waals surface area contributed by atoms with Gasteiger partial charge in [0, 0.05) is 11.8 Å². The Kier molecular flexibility index (Phi) is 10.0. The van der Waals surface area contributed by atoms with Gasteiger partial charge >= 0.3 is 0 Å². The molecule has 39 heavy (non-hydrogen) atoms. The first-order valence-corrected chi connectivity index (χ1v) is 13.4. The lowest BCUT2D eigenvalue weighted by Crippen LogP contribution is -2.30. The first kappa shape index (κ1) is 28.7. The van der Waals surface area contributed by atoms with E-state index in [9.17, 15) is 0 Å². The molecule has 0 aliphatic heterocycles. The monoisotopic (exact) mass is 526 g/mol. The molecule has 0 atom stereocenters. The molecule has 0 aliphatic carbocycles. The van der Waals surface area contributed by atoms with Gasteiger partial charge in [-0.3, -0.25) is 0 Å². The molecule has 0 fully saturated rings. The minimum absolute atomic E-state index is 0.120. The van der Waals surface area contributed by atoms with Crippen molar-refractivity contribution in [2.24, 2.45) is 0 Å². The zero-order chi connectivity index (χ0) is 27.6. The molecule has 0 radical (unpaired) electrons. The topological polar surface area (TPSA) is 46.2 Å². The summed E-state index contributed by atoms with van der Waals surface area (Å²) >= 11 is 0. The van der Waals surface area contributed by atoms with Crippen molar-refractivity contribution in [1.29, 1.82) is 0 Å². The summed E-state index contributed by atoms with van der Waals surface area (Å²) in [5.74, 6) is 0.241. The second-order valence-corrected chi connectivity index (χ2v) is 11.0. The smallest absolute Gasteiger partial charge is 0.102 e. The molecule has 0 saturated heterocycles. The molecule has 4 aromatic rings. The van der Waals surface area contributed by atoms with E-state index in [4.69, 9.17) is 24.9 Å². The Morgan fingerprint density at radius 2 is 0.667 bits per heavy atom.